The Balaban J connectivity index is 2.03. The normalized spacial score (nSPS) is 18.9. The summed E-state index contributed by atoms with van der Waals surface area (Å²) in [6.07, 6.45) is 2.93. The Hall–Kier alpha value is -1.66. The van der Waals surface area contributed by atoms with Gasteiger partial charge in [0.2, 0.25) is 0 Å². The first-order chi connectivity index (χ1) is 10.2. The first-order valence-corrected chi connectivity index (χ1v) is 9.32. The molecule has 0 heterocycles. The van der Waals surface area contributed by atoms with Gasteiger partial charge < -0.3 is 4.57 Å². The van der Waals surface area contributed by atoms with E-state index in [9.17, 15) is 9.36 Å². The molecule has 0 unspecified atom stereocenters. The molecule has 0 aromatic heterocycles. The standard InChI is InChI=1S/C18H19O2P/c19-18-13-7-8-15(18)14-21(20,16-9-3-1-4-10-16)17-11-5-2-6-12-17/h1-6,9-12,15H,7-8,13-14H2/t15-/m1/s1. The zero-order valence-corrected chi connectivity index (χ0v) is 12.8. The lowest BCUT2D eigenvalue weighted by Gasteiger charge is -2.22. The van der Waals surface area contributed by atoms with E-state index in [1.165, 1.54) is 0 Å². The van der Waals surface area contributed by atoms with E-state index in [1.807, 2.05) is 60.7 Å². The molecule has 1 atom stereocenters. The predicted molar refractivity (Wildman–Crippen MR) is 87.0 cm³/mol. The van der Waals surface area contributed by atoms with Crippen LogP contribution in [-0.4, -0.2) is 11.9 Å². The van der Waals surface area contributed by atoms with Gasteiger partial charge in [0.25, 0.3) is 0 Å². The quantitative estimate of drug-likeness (QED) is 0.811. The zero-order valence-electron chi connectivity index (χ0n) is 11.9. The van der Waals surface area contributed by atoms with Crippen LogP contribution in [0.5, 0.6) is 0 Å². The summed E-state index contributed by atoms with van der Waals surface area (Å²) in [7, 11) is -2.73. The SMILES string of the molecule is O=C1CCC[C@@H]1CP(=O)(c1ccccc1)c1ccccc1. The van der Waals surface area contributed by atoms with E-state index >= 15 is 0 Å². The van der Waals surface area contributed by atoms with Crippen LogP contribution in [-0.2, 0) is 9.36 Å². The van der Waals surface area contributed by atoms with Gasteiger partial charge in [0.1, 0.15) is 12.9 Å². The average Bonchev–Trinajstić information content (AvgIpc) is 2.94. The van der Waals surface area contributed by atoms with Gasteiger partial charge >= 0.3 is 0 Å². The number of ketones is 1. The number of carbonyl (C=O) groups excluding carboxylic acids is 1. The lowest BCUT2D eigenvalue weighted by molar-refractivity contribution is -0.120. The minimum atomic E-state index is -2.73. The van der Waals surface area contributed by atoms with Crippen molar-refractivity contribution < 1.29 is 9.36 Å². The van der Waals surface area contributed by atoms with Crippen LogP contribution in [0.25, 0.3) is 0 Å². The molecule has 0 saturated heterocycles. The van der Waals surface area contributed by atoms with E-state index < -0.39 is 7.14 Å². The number of Topliss-reactive ketones (excluding diaryl/α,β-unsaturated/α-hetero) is 1. The second kappa shape index (κ2) is 5.99. The van der Waals surface area contributed by atoms with Gasteiger partial charge in [0.05, 0.1) is 0 Å². The summed E-state index contributed by atoms with van der Waals surface area (Å²) in [4.78, 5) is 12.0. The van der Waals surface area contributed by atoms with Crippen molar-refractivity contribution in [2.75, 3.05) is 6.16 Å². The Bertz CT molecular complexity index is 621. The highest BCUT2D eigenvalue weighted by molar-refractivity contribution is 7.78. The molecule has 21 heavy (non-hydrogen) atoms. The Morgan fingerprint density at radius 2 is 1.43 bits per heavy atom. The molecule has 0 N–H and O–H groups in total. The number of rotatable bonds is 4. The van der Waals surface area contributed by atoms with E-state index in [0.717, 1.165) is 23.5 Å². The van der Waals surface area contributed by atoms with Crippen molar-refractivity contribution in [1.29, 1.82) is 0 Å². The Morgan fingerprint density at radius 3 is 1.86 bits per heavy atom. The molecule has 0 aliphatic heterocycles. The molecule has 1 aliphatic carbocycles. The molecular formula is C18H19O2P. The molecule has 108 valence electrons. The predicted octanol–water partition coefficient (Wildman–Crippen LogP) is 3.37. The highest BCUT2D eigenvalue weighted by Gasteiger charge is 2.35. The van der Waals surface area contributed by atoms with Crippen molar-refractivity contribution in [1.82, 2.24) is 0 Å². The summed E-state index contributed by atoms with van der Waals surface area (Å²) in [5, 5.41) is 1.71. The van der Waals surface area contributed by atoms with Crippen molar-refractivity contribution in [3.8, 4) is 0 Å². The van der Waals surface area contributed by atoms with Crippen molar-refractivity contribution in [2.45, 2.75) is 19.3 Å². The van der Waals surface area contributed by atoms with Crippen molar-refractivity contribution in [3.63, 3.8) is 0 Å². The summed E-state index contributed by atoms with van der Waals surface area (Å²) in [5.41, 5.74) is 0. The summed E-state index contributed by atoms with van der Waals surface area (Å²) in [6, 6.07) is 19.2. The van der Waals surface area contributed by atoms with Crippen LogP contribution < -0.4 is 10.6 Å². The Morgan fingerprint density at radius 1 is 0.905 bits per heavy atom. The van der Waals surface area contributed by atoms with Crippen LogP contribution in [0.4, 0.5) is 0 Å². The summed E-state index contributed by atoms with van der Waals surface area (Å²) < 4.78 is 13.8. The second-order valence-electron chi connectivity index (χ2n) is 5.65. The molecular weight excluding hydrogens is 279 g/mol. The molecule has 3 heteroatoms. The molecule has 3 rings (SSSR count). The third kappa shape index (κ3) is 2.87. The van der Waals surface area contributed by atoms with E-state index in [0.29, 0.717) is 12.6 Å². The summed E-state index contributed by atoms with van der Waals surface area (Å²) in [6.45, 7) is 0. The van der Waals surface area contributed by atoms with Crippen molar-refractivity contribution in [2.24, 2.45) is 5.92 Å². The Labute approximate surface area is 125 Å². The molecule has 0 bridgehead atoms. The first-order valence-electron chi connectivity index (χ1n) is 7.43. The third-order valence-electron chi connectivity index (χ3n) is 4.26. The number of benzene rings is 2. The third-order valence-corrected chi connectivity index (χ3v) is 7.47. The second-order valence-corrected chi connectivity index (χ2v) is 8.53. The van der Waals surface area contributed by atoms with Crippen LogP contribution in [0.2, 0.25) is 0 Å². The smallest absolute Gasteiger partial charge is 0.143 e. The van der Waals surface area contributed by atoms with Gasteiger partial charge in [-0.2, -0.15) is 0 Å². The molecule has 1 fully saturated rings. The minimum absolute atomic E-state index is 0.0451. The monoisotopic (exact) mass is 298 g/mol. The average molecular weight is 298 g/mol. The van der Waals surface area contributed by atoms with Crippen LogP contribution >= 0.6 is 7.14 Å². The van der Waals surface area contributed by atoms with Gasteiger partial charge in [-0.1, -0.05) is 60.7 Å². The molecule has 0 radical (unpaired) electrons. The van der Waals surface area contributed by atoms with Crippen molar-refractivity contribution >= 4 is 23.5 Å². The highest BCUT2D eigenvalue weighted by atomic mass is 31.2. The van der Waals surface area contributed by atoms with E-state index in [-0.39, 0.29) is 11.7 Å². The van der Waals surface area contributed by atoms with E-state index in [4.69, 9.17) is 0 Å². The van der Waals surface area contributed by atoms with E-state index in [1.54, 1.807) is 0 Å². The fraction of sp³-hybridized carbons (Fsp3) is 0.278. The number of carbonyl (C=O) groups is 1. The first kappa shape index (κ1) is 14.3. The van der Waals surface area contributed by atoms with Gasteiger partial charge in [-0.25, -0.2) is 0 Å². The molecule has 2 aromatic rings. The maximum absolute atomic E-state index is 13.8. The maximum Gasteiger partial charge on any atom is 0.143 e. The lowest BCUT2D eigenvalue weighted by Crippen LogP contribution is -2.24. The van der Waals surface area contributed by atoms with Crippen LogP contribution in [0.1, 0.15) is 19.3 Å². The molecule has 2 aromatic carbocycles. The zero-order chi connectivity index (χ0) is 14.7. The summed E-state index contributed by atoms with van der Waals surface area (Å²) in [5.74, 6) is 0.235. The highest BCUT2D eigenvalue weighted by Crippen LogP contribution is 2.47. The lowest BCUT2D eigenvalue weighted by atomic mass is 10.1. The topological polar surface area (TPSA) is 34.1 Å². The molecule has 1 aliphatic rings. The molecule has 2 nitrogen and oxygen atoms in total. The van der Waals surface area contributed by atoms with E-state index in [2.05, 4.69) is 0 Å². The maximum atomic E-state index is 13.8. The molecule has 0 spiro atoms. The van der Waals surface area contributed by atoms with Gasteiger partial charge in [0.15, 0.2) is 0 Å². The molecule has 0 amide bonds. The number of hydrogen-bond donors (Lipinski definition) is 0. The van der Waals surface area contributed by atoms with Crippen LogP contribution in [0.3, 0.4) is 0 Å². The van der Waals surface area contributed by atoms with Crippen LogP contribution in [0, 0.1) is 5.92 Å². The van der Waals surface area contributed by atoms with Gasteiger partial charge in [-0.15, -0.1) is 0 Å². The number of hydrogen-bond acceptors (Lipinski definition) is 2. The van der Waals surface area contributed by atoms with Gasteiger partial charge in [-0.3, -0.25) is 4.79 Å². The van der Waals surface area contributed by atoms with Crippen molar-refractivity contribution in [3.05, 3.63) is 60.7 Å². The molecule has 1 saturated carbocycles. The van der Waals surface area contributed by atoms with Gasteiger partial charge in [-0.05, 0) is 12.8 Å². The Kier molecular flexibility index (Phi) is 4.07. The minimum Gasteiger partial charge on any atom is -0.314 e. The summed E-state index contributed by atoms with van der Waals surface area (Å²) >= 11 is 0. The fourth-order valence-corrected chi connectivity index (χ4v) is 6.12. The largest absolute Gasteiger partial charge is 0.314 e. The fourth-order valence-electron chi connectivity index (χ4n) is 3.09. The van der Waals surface area contributed by atoms with Crippen LogP contribution in [0.15, 0.2) is 60.7 Å². The van der Waals surface area contributed by atoms with Gasteiger partial charge in [0, 0.05) is 29.1 Å².